The fraction of sp³-hybridized carbons (Fsp3) is 0.211. The summed E-state index contributed by atoms with van der Waals surface area (Å²) in [7, 11) is 0. The lowest BCUT2D eigenvalue weighted by atomic mass is 10.1. The van der Waals surface area contributed by atoms with E-state index in [2.05, 4.69) is 5.10 Å². The lowest BCUT2D eigenvalue weighted by Gasteiger charge is -2.11. The molecule has 0 N–H and O–H groups in total. The molecule has 128 valence electrons. The molecule has 3 rings (SSSR count). The van der Waals surface area contributed by atoms with Crippen LogP contribution in [0.5, 0.6) is 0 Å². The molecule has 1 heterocycles. The van der Waals surface area contributed by atoms with Crippen LogP contribution in [-0.4, -0.2) is 35.7 Å². The molecule has 5 nitrogen and oxygen atoms in total. The molecule has 0 bridgehead atoms. The molecule has 0 spiro atoms. The molecule has 0 aromatic heterocycles. The number of esters is 1. The molecule has 2 aromatic carbocycles. The minimum atomic E-state index is -0.493. The van der Waals surface area contributed by atoms with Gasteiger partial charge in [0.15, 0.2) is 6.61 Å². The molecule has 25 heavy (non-hydrogen) atoms. The van der Waals surface area contributed by atoms with E-state index < -0.39 is 5.97 Å². The predicted octanol–water partition coefficient (Wildman–Crippen LogP) is 3.06. The quantitative estimate of drug-likeness (QED) is 0.773. The maximum Gasteiger partial charge on any atom is 0.310 e. The number of rotatable bonds is 5. The van der Waals surface area contributed by atoms with Crippen molar-refractivity contribution in [3.63, 3.8) is 0 Å². The van der Waals surface area contributed by atoms with Crippen LogP contribution in [0, 0.1) is 0 Å². The highest BCUT2D eigenvalue weighted by atomic mass is 35.5. The van der Waals surface area contributed by atoms with Gasteiger partial charge in [-0.25, -0.2) is 5.01 Å². The second-order valence-electron chi connectivity index (χ2n) is 5.61. The first-order valence-electron chi connectivity index (χ1n) is 7.96. The van der Waals surface area contributed by atoms with Crippen molar-refractivity contribution in [2.24, 2.45) is 5.10 Å². The van der Waals surface area contributed by atoms with Gasteiger partial charge in [0.05, 0.1) is 18.7 Å². The Morgan fingerprint density at radius 2 is 1.80 bits per heavy atom. The van der Waals surface area contributed by atoms with E-state index in [0.29, 0.717) is 23.6 Å². The van der Waals surface area contributed by atoms with Gasteiger partial charge < -0.3 is 4.74 Å². The van der Waals surface area contributed by atoms with Crippen molar-refractivity contribution in [2.45, 2.75) is 12.8 Å². The van der Waals surface area contributed by atoms with Gasteiger partial charge in [-0.3, -0.25) is 9.59 Å². The standard InChI is InChI=1S/C19H17ClN2O3/c20-16-9-5-4-8-15(16)12-19(24)25-13-18(23)22-11-10-17(21-22)14-6-2-1-3-7-14/h1-9H,10-13H2. The van der Waals surface area contributed by atoms with Crippen molar-refractivity contribution < 1.29 is 14.3 Å². The normalized spacial score (nSPS) is 13.5. The van der Waals surface area contributed by atoms with Crippen LogP contribution >= 0.6 is 11.6 Å². The first-order chi connectivity index (χ1) is 12.1. The van der Waals surface area contributed by atoms with Gasteiger partial charge in [-0.1, -0.05) is 60.1 Å². The molecule has 0 saturated carbocycles. The molecule has 6 heteroatoms. The van der Waals surface area contributed by atoms with E-state index in [-0.39, 0.29) is 18.9 Å². The SMILES string of the molecule is O=C(Cc1ccccc1Cl)OCC(=O)N1CCC(c2ccccc2)=N1. The summed E-state index contributed by atoms with van der Waals surface area (Å²) in [5.74, 6) is -0.827. The number of halogens is 1. The molecule has 1 amide bonds. The highest BCUT2D eigenvalue weighted by molar-refractivity contribution is 6.31. The van der Waals surface area contributed by atoms with E-state index in [4.69, 9.17) is 16.3 Å². The molecule has 0 fully saturated rings. The summed E-state index contributed by atoms with van der Waals surface area (Å²) in [5.41, 5.74) is 2.53. The highest BCUT2D eigenvalue weighted by Gasteiger charge is 2.22. The van der Waals surface area contributed by atoms with Crippen LogP contribution in [-0.2, 0) is 20.7 Å². The van der Waals surface area contributed by atoms with Crippen molar-refractivity contribution in [1.82, 2.24) is 5.01 Å². The van der Waals surface area contributed by atoms with Crippen molar-refractivity contribution in [2.75, 3.05) is 13.2 Å². The number of nitrogens with zero attached hydrogens (tertiary/aromatic N) is 2. The van der Waals surface area contributed by atoms with Crippen LogP contribution in [0.2, 0.25) is 5.02 Å². The van der Waals surface area contributed by atoms with Crippen molar-refractivity contribution in [3.8, 4) is 0 Å². The number of carbonyl (C=O) groups excluding carboxylic acids is 2. The third-order valence-corrected chi connectivity index (χ3v) is 4.21. The Morgan fingerprint density at radius 1 is 1.08 bits per heavy atom. The summed E-state index contributed by atoms with van der Waals surface area (Å²) in [5, 5.41) is 6.18. The van der Waals surface area contributed by atoms with E-state index in [1.807, 2.05) is 30.3 Å². The molecular formula is C19H17ClN2O3. The lowest BCUT2D eigenvalue weighted by Crippen LogP contribution is -2.29. The summed E-state index contributed by atoms with van der Waals surface area (Å²) in [6.07, 6.45) is 0.717. The minimum Gasteiger partial charge on any atom is -0.455 e. The largest absolute Gasteiger partial charge is 0.455 e. The Hall–Kier alpha value is -2.66. The van der Waals surface area contributed by atoms with Gasteiger partial charge in [-0.15, -0.1) is 0 Å². The summed E-state index contributed by atoms with van der Waals surface area (Å²) >= 11 is 6.01. The van der Waals surface area contributed by atoms with Gasteiger partial charge in [-0.05, 0) is 17.2 Å². The third-order valence-electron chi connectivity index (χ3n) is 3.85. The van der Waals surface area contributed by atoms with Gasteiger partial charge in [0.25, 0.3) is 5.91 Å². The summed E-state index contributed by atoms with van der Waals surface area (Å²) < 4.78 is 5.06. The summed E-state index contributed by atoms with van der Waals surface area (Å²) in [6.45, 7) is 0.167. The summed E-state index contributed by atoms with van der Waals surface area (Å²) in [6, 6.07) is 16.7. The van der Waals surface area contributed by atoms with E-state index in [1.54, 1.807) is 24.3 Å². The zero-order valence-electron chi connectivity index (χ0n) is 13.5. The van der Waals surface area contributed by atoms with Crippen molar-refractivity contribution >= 4 is 29.2 Å². The van der Waals surface area contributed by atoms with Gasteiger partial charge in [0, 0.05) is 11.4 Å². The Kier molecular flexibility index (Phi) is 5.46. The number of hydrazone groups is 1. The van der Waals surface area contributed by atoms with Crippen LogP contribution in [0.15, 0.2) is 59.7 Å². The Labute approximate surface area is 150 Å². The molecule has 0 atom stereocenters. The zero-order chi connectivity index (χ0) is 17.6. The monoisotopic (exact) mass is 356 g/mol. The van der Waals surface area contributed by atoms with Crippen LogP contribution in [0.25, 0.3) is 0 Å². The number of benzene rings is 2. The van der Waals surface area contributed by atoms with Crippen LogP contribution in [0.3, 0.4) is 0 Å². The predicted molar refractivity (Wildman–Crippen MR) is 95.4 cm³/mol. The van der Waals surface area contributed by atoms with Gasteiger partial charge in [-0.2, -0.15) is 5.10 Å². The van der Waals surface area contributed by atoms with E-state index >= 15 is 0 Å². The molecule has 1 aliphatic rings. The fourth-order valence-corrected chi connectivity index (χ4v) is 2.74. The van der Waals surface area contributed by atoms with E-state index in [1.165, 1.54) is 5.01 Å². The first-order valence-corrected chi connectivity index (χ1v) is 8.33. The third kappa shape index (κ3) is 4.45. The van der Waals surface area contributed by atoms with Crippen molar-refractivity contribution in [1.29, 1.82) is 0 Å². The highest BCUT2D eigenvalue weighted by Crippen LogP contribution is 2.16. The number of carbonyl (C=O) groups is 2. The lowest BCUT2D eigenvalue weighted by molar-refractivity contribution is -0.151. The van der Waals surface area contributed by atoms with Crippen LogP contribution in [0.1, 0.15) is 17.5 Å². The number of amides is 1. The molecule has 0 unspecified atom stereocenters. The second-order valence-corrected chi connectivity index (χ2v) is 6.02. The second kappa shape index (κ2) is 7.94. The fourth-order valence-electron chi connectivity index (χ4n) is 2.54. The Balaban J connectivity index is 1.52. The number of hydrogen-bond acceptors (Lipinski definition) is 4. The van der Waals surface area contributed by atoms with Crippen LogP contribution in [0.4, 0.5) is 0 Å². The first kappa shape index (κ1) is 17.2. The molecule has 1 aliphatic heterocycles. The molecule has 0 radical (unpaired) electrons. The maximum absolute atomic E-state index is 12.2. The average molecular weight is 357 g/mol. The number of ether oxygens (including phenoxy) is 1. The van der Waals surface area contributed by atoms with Crippen molar-refractivity contribution in [3.05, 3.63) is 70.7 Å². The van der Waals surface area contributed by atoms with Crippen LogP contribution < -0.4 is 0 Å². The maximum atomic E-state index is 12.2. The van der Waals surface area contributed by atoms with E-state index in [0.717, 1.165) is 11.3 Å². The topological polar surface area (TPSA) is 59.0 Å². The zero-order valence-corrected chi connectivity index (χ0v) is 14.3. The molecule has 0 aliphatic carbocycles. The molecule has 2 aromatic rings. The van der Waals surface area contributed by atoms with Gasteiger partial charge in [0.1, 0.15) is 0 Å². The Morgan fingerprint density at radius 3 is 2.56 bits per heavy atom. The van der Waals surface area contributed by atoms with Gasteiger partial charge >= 0.3 is 5.97 Å². The molecular weight excluding hydrogens is 340 g/mol. The van der Waals surface area contributed by atoms with E-state index in [9.17, 15) is 9.59 Å². The minimum absolute atomic E-state index is 0.0332. The summed E-state index contributed by atoms with van der Waals surface area (Å²) in [4.78, 5) is 24.0. The molecule has 0 saturated heterocycles. The smallest absolute Gasteiger partial charge is 0.310 e. The Bertz CT molecular complexity index is 805. The number of hydrogen-bond donors (Lipinski definition) is 0. The van der Waals surface area contributed by atoms with Gasteiger partial charge in [0.2, 0.25) is 0 Å². The average Bonchev–Trinajstić information content (AvgIpc) is 3.13.